The van der Waals surface area contributed by atoms with E-state index in [4.69, 9.17) is 0 Å². The van der Waals surface area contributed by atoms with E-state index < -0.39 is 0 Å². The monoisotopic (exact) mass is 225 g/mol. The maximum absolute atomic E-state index is 3.32. The third-order valence-corrected chi connectivity index (χ3v) is 4.06. The van der Waals surface area contributed by atoms with E-state index in [0.29, 0.717) is 0 Å². The quantitative estimate of drug-likeness (QED) is 0.732. The van der Waals surface area contributed by atoms with Gasteiger partial charge in [-0.25, -0.2) is 0 Å². The highest BCUT2D eigenvalue weighted by Gasteiger charge is 2.23. The molecule has 2 saturated heterocycles. The Labute approximate surface area is 100 Å². The molecule has 0 spiro atoms. The molecule has 0 amide bonds. The summed E-state index contributed by atoms with van der Waals surface area (Å²) in [5.41, 5.74) is 0. The first-order valence-electron chi connectivity index (χ1n) is 7.01. The second-order valence-electron chi connectivity index (χ2n) is 5.29. The van der Waals surface area contributed by atoms with Gasteiger partial charge in [-0.1, -0.05) is 0 Å². The molecule has 0 aromatic rings. The molecule has 3 heteroatoms. The highest BCUT2D eigenvalue weighted by atomic mass is 15.2. The van der Waals surface area contributed by atoms with Crippen LogP contribution in [0.3, 0.4) is 0 Å². The van der Waals surface area contributed by atoms with Gasteiger partial charge in [-0.15, -0.1) is 0 Å². The van der Waals surface area contributed by atoms with E-state index in [2.05, 4.69) is 22.2 Å². The molecule has 94 valence electrons. The first-order valence-corrected chi connectivity index (χ1v) is 7.01. The van der Waals surface area contributed by atoms with Crippen LogP contribution in [0, 0.1) is 0 Å². The second kappa shape index (κ2) is 6.58. The van der Waals surface area contributed by atoms with Crippen LogP contribution in [0.5, 0.6) is 0 Å². The fraction of sp³-hybridized carbons (Fsp3) is 1.00. The summed E-state index contributed by atoms with van der Waals surface area (Å²) >= 11 is 0. The number of hydrogen-bond donors (Lipinski definition) is 1. The van der Waals surface area contributed by atoms with Gasteiger partial charge in [0.2, 0.25) is 0 Å². The van der Waals surface area contributed by atoms with Gasteiger partial charge < -0.3 is 10.2 Å². The van der Waals surface area contributed by atoms with Gasteiger partial charge in [0.1, 0.15) is 0 Å². The van der Waals surface area contributed by atoms with Crippen molar-refractivity contribution in [2.45, 2.75) is 38.1 Å². The van der Waals surface area contributed by atoms with Gasteiger partial charge in [-0.2, -0.15) is 0 Å². The predicted octanol–water partition coefficient (Wildman–Crippen LogP) is 1.16. The molecule has 2 rings (SSSR count). The summed E-state index contributed by atoms with van der Waals surface area (Å²) in [6.07, 6.45) is 7.00. The van der Waals surface area contributed by atoms with Gasteiger partial charge in [-0.3, -0.25) is 4.90 Å². The lowest BCUT2D eigenvalue weighted by atomic mass is 10.2. The minimum Gasteiger partial charge on any atom is -0.318 e. The molecule has 0 radical (unpaired) electrons. The van der Waals surface area contributed by atoms with Gasteiger partial charge in [0.15, 0.2) is 0 Å². The topological polar surface area (TPSA) is 18.5 Å². The van der Waals surface area contributed by atoms with Gasteiger partial charge >= 0.3 is 0 Å². The summed E-state index contributed by atoms with van der Waals surface area (Å²) < 4.78 is 0. The Hall–Kier alpha value is -0.120. The average Bonchev–Trinajstić information content (AvgIpc) is 2.91. The minimum absolute atomic E-state index is 0.809. The van der Waals surface area contributed by atoms with Crippen molar-refractivity contribution in [1.82, 2.24) is 15.1 Å². The van der Waals surface area contributed by atoms with Crippen molar-refractivity contribution < 1.29 is 0 Å². The second-order valence-corrected chi connectivity index (χ2v) is 5.29. The van der Waals surface area contributed by atoms with Crippen LogP contribution >= 0.6 is 0 Å². The Morgan fingerprint density at radius 1 is 1.06 bits per heavy atom. The van der Waals surface area contributed by atoms with Gasteiger partial charge in [0.05, 0.1) is 0 Å². The molecular formula is C13H27N3. The number of nitrogens with zero attached hydrogens (tertiary/aromatic N) is 2. The highest BCUT2D eigenvalue weighted by Crippen LogP contribution is 2.17. The number of rotatable bonds is 6. The molecular weight excluding hydrogens is 198 g/mol. The zero-order chi connectivity index (χ0) is 11.2. The van der Waals surface area contributed by atoms with Gasteiger partial charge in [0, 0.05) is 12.6 Å². The summed E-state index contributed by atoms with van der Waals surface area (Å²) in [6, 6.07) is 0.809. The van der Waals surface area contributed by atoms with Crippen molar-refractivity contribution in [2.75, 3.05) is 46.3 Å². The molecule has 0 aliphatic carbocycles. The zero-order valence-electron chi connectivity index (χ0n) is 10.7. The molecule has 0 saturated carbocycles. The Kier molecular flexibility index (Phi) is 5.07. The molecule has 0 aromatic carbocycles. The third kappa shape index (κ3) is 3.44. The van der Waals surface area contributed by atoms with Crippen molar-refractivity contribution in [3.8, 4) is 0 Å². The molecule has 2 fully saturated rings. The van der Waals surface area contributed by atoms with Crippen molar-refractivity contribution >= 4 is 0 Å². The van der Waals surface area contributed by atoms with E-state index >= 15 is 0 Å². The maximum Gasteiger partial charge on any atom is 0.0221 e. The largest absolute Gasteiger partial charge is 0.318 e. The van der Waals surface area contributed by atoms with Crippen LogP contribution in [0.2, 0.25) is 0 Å². The minimum atomic E-state index is 0.809. The van der Waals surface area contributed by atoms with Crippen molar-refractivity contribution in [1.29, 1.82) is 0 Å². The van der Waals surface area contributed by atoms with Crippen LogP contribution < -0.4 is 5.32 Å². The summed E-state index contributed by atoms with van der Waals surface area (Å²) in [6.45, 7) is 7.82. The van der Waals surface area contributed by atoms with E-state index in [1.807, 2.05) is 0 Å². The Balaban J connectivity index is 1.60. The average molecular weight is 225 g/mol. The number of likely N-dealkylation sites (tertiary alicyclic amines) is 2. The van der Waals surface area contributed by atoms with Crippen LogP contribution in [0.25, 0.3) is 0 Å². The zero-order valence-corrected chi connectivity index (χ0v) is 10.7. The predicted molar refractivity (Wildman–Crippen MR) is 68.8 cm³/mol. The first kappa shape index (κ1) is 12.3. The van der Waals surface area contributed by atoms with Crippen LogP contribution in [0.15, 0.2) is 0 Å². The lowest BCUT2D eigenvalue weighted by Crippen LogP contribution is -2.38. The van der Waals surface area contributed by atoms with Crippen molar-refractivity contribution in [2.24, 2.45) is 0 Å². The summed E-state index contributed by atoms with van der Waals surface area (Å²) in [5, 5.41) is 3.32. The summed E-state index contributed by atoms with van der Waals surface area (Å²) in [4.78, 5) is 5.32. The van der Waals surface area contributed by atoms with Gasteiger partial charge in [0.25, 0.3) is 0 Å². The molecule has 2 aliphatic heterocycles. The fourth-order valence-electron chi connectivity index (χ4n) is 3.16. The molecule has 0 aromatic heterocycles. The normalized spacial score (nSPS) is 27.9. The van der Waals surface area contributed by atoms with Crippen LogP contribution in [-0.4, -0.2) is 62.2 Å². The molecule has 3 nitrogen and oxygen atoms in total. The highest BCUT2D eigenvalue weighted by molar-refractivity contribution is 4.80. The van der Waals surface area contributed by atoms with Crippen LogP contribution in [0.1, 0.15) is 32.1 Å². The standard InChI is InChI=1S/C13H27N3/c1-14-12-13-6-4-10-16(13)11-5-9-15-7-2-3-8-15/h13-14H,2-12H2,1H3. The Morgan fingerprint density at radius 3 is 2.62 bits per heavy atom. The third-order valence-electron chi connectivity index (χ3n) is 4.06. The smallest absolute Gasteiger partial charge is 0.0221 e. The van der Waals surface area contributed by atoms with E-state index in [0.717, 1.165) is 6.04 Å². The summed E-state index contributed by atoms with van der Waals surface area (Å²) in [7, 11) is 2.07. The molecule has 1 N–H and O–H groups in total. The Bertz CT molecular complexity index is 190. The van der Waals surface area contributed by atoms with Crippen molar-refractivity contribution in [3.05, 3.63) is 0 Å². The van der Waals surface area contributed by atoms with E-state index in [-0.39, 0.29) is 0 Å². The summed E-state index contributed by atoms with van der Waals surface area (Å²) in [5.74, 6) is 0. The molecule has 1 unspecified atom stereocenters. The van der Waals surface area contributed by atoms with Gasteiger partial charge in [-0.05, 0) is 71.9 Å². The number of likely N-dealkylation sites (N-methyl/N-ethyl adjacent to an activating group) is 1. The molecule has 0 bridgehead atoms. The maximum atomic E-state index is 3.32. The molecule has 1 atom stereocenters. The molecule has 16 heavy (non-hydrogen) atoms. The number of hydrogen-bond acceptors (Lipinski definition) is 3. The molecule has 2 heterocycles. The van der Waals surface area contributed by atoms with Crippen molar-refractivity contribution in [3.63, 3.8) is 0 Å². The van der Waals surface area contributed by atoms with E-state index in [9.17, 15) is 0 Å². The van der Waals surface area contributed by atoms with E-state index in [1.165, 1.54) is 71.4 Å². The van der Waals surface area contributed by atoms with E-state index in [1.54, 1.807) is 0 Å². The molecule has 2 aliphatic rings. The fourth-order valence-corrected chi connectivity index (χ4v) is 3.16. The van der Waals surface area contributed by atoms with Crippen LogP contribution in [-0.2, 0) is 0 Å². The SMILES string of the molecule is CNCC1CCCN1CCCN1CCCC1. The van der Waals surface area contributed by atoms with Crippen LogP contribution in [0.4, 0.5) is 0 Å². The first-order chi connectivity index (χ1) is 7.90. The Morgan fingerprint density at radius 2 is 1.88 bits per heavy atom. The lowest BCUT2D eigenvalue weighted by Gasteiger charge is -2.25. The number of nitrogens with one attached hydrogen (secondary N) is 1. The lowest BCUT2D eigenvalue weighted by molar-refractivity contribution is 0.228.